The van der Waals surface area contributed by atoms with E-state index in [0.29, 0.717) is 5.37 Å². The number of fused-ring (bicyclic) bond motifs is 1. The lowest BCUT2D eigenvalue weighted by atomic mass is 10.1. The van der Waals surface area contributed by atoms with Crippen molar-refractivity contribution >= 4 is 23.4 Å². The molecule has 2 atom stereocenters. The maximum atomic E-state index is 10.8. The zero-order valence-corrected chi connectivity index (χ0v) is 11.6. The van der Waals surface area contributed by atoms with Gasteiger partial charge in [0.25, 0.3) is 0 Å². The molecule has 0 saturated carbocycles. The highest BCUT2D eigenvalue weighted by Crippen LogP contribution is 2.42. The monoisotopic (exact) mass is 265 g/mol. The first-order valence-electron chi connectivity index (χ1n) is 6.34. The summed E-state index contributed by atoms with van der Waals surface area (Å²) in [6.45, 7) is 4.91. The smallest absolute Gasteiger partial charge is 0.306 e. The van der Waals surface area contributed by atoms with Gasteiger partial charge in [-0.2, -0.15) is 0 Å². The molecule has 1 aliphatic rings. The van der Waals surface area contributed by atoms with Crippen LogP contribution < -0.4 is 4.90 Å². The van der Waals surface area contributed by atoms with Crippen LogP contribution in [0.15, 0.2) is 29.2 Å². The molecule has 0 aromatic heterocycles. The van der Waals surface area contributed by atoms with Gasteiger partial charge in [-0.1, -0.05) is 30.8 Å². The fourth-order valence-electron chi connectivity index (χ4n) is 2.23. The molecule has 2 rings (SSSR count). The van der Waals surface area contributed by atoms with Crippen molar-refractivity contribution in [3.8, 4) is 0 Å². The van der Waals surface area contributed by atoms with Crippen LogP contribution in [-0.4, -0.2) is 23.0 Å². The van der Waals surface area contributed by atoms with Gasteiger partial charge < -0.3 is 10.0 Å². The van der Waals surface area contributed by atoms with Crippen molar-refractivity contribution in [1.82, 2.24) is 0 Å². The summed E-state index contributed by atoms with van der Waals surface area (Å²) in [4.78, 5) is 14.5. The van der Waals surface area contributed by atoms with E-state index in [0.717, 1.165) is 19.4 Å². The van der Waals surface area contributed by atoms with Gasteiger partial charge in [-0.05, 0) is 31.9 Å². The number of benzene rings is 1. The molecule has 0 saturated heterocycles. The van der Waals surface area contributed by atoms with Crippen molar-refractivity contribution in [3.05, 3.63) is 24.3 Å². The molecule has 0 aliphatic carbocycles. The van der Waals surface area contributed by atoms with Crippen molar-refractivity contribution in [1.29, 1.82) is 0 Å². The number of hydrogen-bond acceptors (Lipinski definition) is 3. The van der Waals surface area contributed by atoms with Gasteiger partial charge in [-0.3, -0.25) is 4.79 Å². The average molecular weight is 265 g/mol. The van der Waals surface area contributed by atoms with Gasteiger partial charge in [0.15, 0.2) is 0 Å². The van der Waals surface area contributed by atoms with E-state index in [9.17, 15) is 4.79 Å². The standard InChI is InChI=1S/C14H19NO2S/c1-10(14(16)17)6-5-9-15-11(2)18-13-8-4-3-7-12(13)15/h3-4,7-8,10-11H,5-6,9H2,1-2H3,(H,16,17). The van der Waals surface area contributed by atoms with E-state index >= 15 is 0 Å². The average Bonchev–Trinajstić information content (AvgIpc) is 2.65. The van der Waals surface area contributed by atoms with Crippen LogP contribution in [0.5, 0.6) is 0 Å². The summed E-state index contributed by atoms with van der Waals surface area (Å²) in [6, 6.07) is 8.42. The number of nitrogens with zero attached hydrogens (tertiary/aromatic N) is 1. The maximum Gasteiger partial charge on any atom is 0.306 e. The Morgan fingerprint density at radius 3 is 2.94 bits per heavy atom. The van der Waals surface area contributed by atoms with E-state index in [1.807, 2.05) is 11.8 Å². The van der Waals surface area contributed by atoms with Crippen LogP contribution in [0.1, 0.15) is 26.7 Å². The fraction of sp³-hybridized carbons (Fsp3) is 0.500. The molecule has 1 aromatic carbocycles. The number of aliphatic carboxylic acids is 1. The Kier molecular flexibility index (Phi) is 4.17. The summed E-state index contributed by atoms with van der Waals surface area (Å²) < 4.78 is 0. The highest BCUT2D eigenvalue weighted by atomic mass is 32.2. The second-order valence-electron chi connectivity index (χ2n) is 4.76. The van der Waals surface area contributed by atoms with Gasteiger partial charge in [0, 0.05) is 11.4 Å². The van der Waals surface area contributed by atoms with Gasteiger partial charge in [-0.15, -0.1) is 0 Å². The van der Waals surface area contributed by atoms with E-state index in [2.05, 4.69) is 36.1 Å². The van der Waals surface area contributed by atoms with Crippen molar-refractivity contribution in [2.24, 2.45) is 5.92 Å². The van der Waals surface area contributed by atoms with Crippen LogP contribution in [0.2, 0.25) is 0 Å². The normalized spacial score (nSPS) is 19.7. The Morgan fingerprint density at radius 2 is 2.22 bits per heavy atom. The molecule has 3 nitrogen and oxygen atoms in total. The van der Waals surface area contributed by atoms with E-state index in [1.165, 1.54) is 10.6 Å². The van der Waals surface area contributed by atoms with Crippen LogP contribution in [0.4, 0.5) is 5.69 Å². The quantitative estimate of drug-likeness (QED) is 0.885. The van der Waals surface area contributed by atoms with Gasteiger partial charge in [-0.25, -0.2) is 0 Å². The summed E-state index contributed by atoms with van der Waals surface area (Å²) in [7, 11) is 0. The highest BCUT2D eigenvalue weighted by molar-refractivity contribution is 8.00. The topological polar surface area (TPSA) is 40.5 Å². The molecule has 0 bridgehead atoms. The summed E-state index contributed by atoms with van der Waals surface area (Å²) in [5.74, 6) is -0.940. The molecule has 4 heteroatoms. The van der Waals surface area contributed by atoms with Crippen molar-refractivity contribution in [3.63, 3.8) is 0 Å². The van der Waals surface area contributed by atoms with E-state index in [-0.39, 0.29) is 5.92 Å². The van der Waals surface area contributed by atoms with Crippen molar-refractivity contribution < 1.29 is 9.90 Å². The number of para-hydroxylation sites is 1. The van der Waals surface area contributed by atoms with Gasteiger partial charge >= 0.3 is 5.97 Å². The molecule has 1 aliphatic heterocycles. The molecule has 18 heavy (non-hydrogen) atoms. The number of thioether (sulfide) groups is 1. The SMILES string of the molecule is CC(CCCN1c2ccccc2SC1C)C(=O)O. The second-order valence-corrected chi connectivity index (χ2v) is 6.12. The number of carbonyl (C=O) groups is 1. The first kappa shape index (κ1) is 13.3. The Labute approximate surface area is 112 Å². The summed E-state index contributed by atoms with van der Waals surface area (Å²) in [5.41, 5.74) is 1.29. The number of hydrogen-bond donors (Lipinski definition) is 1. The maximum absolute atomic E-state index is 10.8. The predicted octanol–water partition coefficient (Wildman–Crippen LogP) is 3.45. The lowest BCUT2D eigenvalue weighted by Gasteiger charge is -2.24. The Hall–Kier alpha value is -1.16. The predicted molar refractivity (Wildman–Crippen MR) is 75.1 cm³/mol. The molecular weight excluding hydrogens is 246 g/mol. The second kappa shape index (κ2) is 5.65. The zero-order chi connectivity index (χ0) is 13.1. The molecule has 0 radical (unpaired) electrons. The third-order valence-corrected chi connectivity index (χ3v) is 4.56. The van der Waals surface area contributed by atoms with Gasteiger partial charge in [0.1, 0.15) is 0 Å². The van der Waals surface area contributed by atoms with E-state index < -0.39 is 5.97 Å². The highest BCUT2D eigenvalue weighted by Gasteiger charge is 2.25. The molecule has 2 unspecified atom stereocenters. The summed E-state index contributed by atoms with van der Waals surface area (Å²) >= 11 is 1.87. The molecule has 98 valence electrons. The van der Waals surface area contributed by atoms with Crippen LogP contribution in [0, 0.1) is 5.92 Å². The molecule has 1 heterocycles. The summed E-state index contributed by atoms with van der Waals surface area (Å²) in [6.07, 6.45) is 1.66. The third-order valence-electron chi connectivity index (χ3n) is 3.37. The minimum atomic E-state index is -0.695. The first-order chi connectivity index (χ1) is 8.59. The third kappa shape index (κ3) is 2.80. The molecular formula is C14H19NO2S. The number of rotatable bonds is 5. The molecule has 0 spiro atoms. The Balaban J connectivity index is 1.92. The van der Waals surface area contributed by atoms with Crippen molar-refractivity contribution in [2.75, 3.05) is 11.4 Å². The zero-order valence-electron chi connectivity index (χ0n) is 10.8. The van der Waals surface area contributed by atoms with Crippen molar-refractivity contribution in [2.45, 2.75) is 37.0 Å². The first-order valence-corrected chi connectivity index (χ1v) is 7.22. The molecule has 0 amide bonds. The molecule has 1 N–H and O–H groups in total. The fourth-order valence-corrected chi connectivity index (χ4v) is 3.41. The lowest BCUT2D eigenvalue weighted by Crippen LogP contribution is -2.28. The van der Waals surface area contributed by atoms with Crippen LogP contribution >= 0.6 is 11.8 Å². The van der Waals surface area contributed by atoms with Crippen LogP contribution in [0.25, 0.3) is 0 Å². The van der Waals surface area contributed by atoms with Gasteiger partial charge in [0.05, 0.1) is 17.0 Å². The van der Waals surface area contributed by atoms with Gasteiger partial charge in [0.2, 0.25) is 0 Å². The molecule has 0 fully saturated rings. The lowest BCUT2D eigenvalue weighted by molar-refractivity contribution is -0.141. The summed E-state index contributed by atoms with van der Waals surface area (Å²) in [5, 5.41) is 9.31. The van der Waals surface area contributed by atoms with E-state index in [4.69, 9.17) is 5.11 Å². The number of carboxylic acid groups (broad SMARTS) is 1. The van der Waals surface area contributed by atoms with Crippen LogP contribution in [0.3, 0.4) is 0 Å². The Morgan fingerprint density at radius 1 is 1.50 bits per heavy atom. The molecule has 1 aromatic rings. The number of anilines is 1. The Bertz CT molecular complexity index is 436. The minimum Gasteiger partial charge on any atom is -0.481 e. The minimum absolute atomic E-state index is 0.245. The van der Waals surface area contributed by atoms with E-state index in [1.54, 1.807) is 6.92 Å². The largest absolute Gasteiger partial charge is 0.481 e. The number of carboxylic acids is 1. The van der Waals surface area contributed by atoms with Crippen LogP contribution in [-0.2, 0) is 4.79 Å².